The van der Waals surface area contributed by atoms with Gasteiger partial charge in [0.2, 0.25) is 11.7 Å². The standard InChI is InChI=1S/C16H12ClN3O2/c1-10-18-15(20-22-10)11-5-7-12(8-6-11)16(21)19-14-4-2-3-13(17)9-14/h2-9H,1H3,(H,19,21). The van der Waals surface area contributed by atoms with Crippen molar-refractivity contribution in [1.29, 1.82) is 0 Å². The highest BCUT2D eigenvalue weighted by atomic mass is 35.5. The molecule has 0 spiro atoms. The highest BCUT2D eigenvalue weighted by Gasteiger charge is 2.09. The second kappa shape index (κ2) is 5.99. The summed E-state index contributed by atoms with van der Waals surface area (Å²) in [6, 6.07) is 14.0. The Morgan fingerprint density at radius 2 is 1.95 bits per heavy atom. The third kappa shape index (κ3) is 3.15. The Morgan fingerprint density at radius 3 is 2.59 bits per heavy atom. The molecule has 0 aliphatic carbocycles. The number of hydrogen-bond donors (Lipinski definition) is 1. The molecule has 1 heterocycles. The van der Waals surface area contributed by atoms with Gasteiger partial charge < -0.3 is 9.84 Å². The summed E-state index contributed by atoms with van der Waals surface area (Å²) in [6.45, 7) is 1.73. The average molecular weight is 314 g/mol. The van der Waals surface area contributed by atoms with Crippen molar-refractivity contribution >= 4 is 23.2 Å². The molecule has 0 aliphatic rings. The molecule has 3 aromatic rings. The van der Waals surface area contributed by atoms with Gasteiger partial charge in [0.25, 0.3) is 5.91 Å². The van der Waals surface area contributed by atoms with Crippen LogP contribution >= 0.6 is 11.6 Å². The van der Waals surface area contributed by atoms with Gasteiger partial charge >= 0.3 is 0 Å². The first kappa shape index (κ1) is 14.3. The Hall–Kier alpha value is -2.66. The lowest BCUT2D eigenvalue weighted by molar-refractivity contribution is 0.102. The largest absolute Gasteiger partial charge is 0.339 e. The summed E-state index contributed by atoms with van der Waals surface area (Å²) in [5.41, 5.74) is 1.97. The molecule has 6 heteroatoms. The molecule has 5 nitrogen and oxygen atoms in total. The third-order valence-electron chi connectivity index (χ3n) is 3.02. The first-order valence-corrected chi connectivity index (χ1v) is 6.97. The molecule has 0 unspecified atom stereocenters. The number of benzene rings is 2. The van der Waals surface area contributed by atoms with Crippen LogP contribution in [0.5, 0.6) is 0 Å². The van der Waals surface area contributed by atoms with Gasteiger partial charge in [0.05, 0.1) is 0 Å². The lowest BCUT2D eigenvalue weighted by atomic mass is 10.1. The molecule has 0 atom stereocenters. The molecule has 0 aliphatic heterocycles. The van der Waals surface area contributed by atoms with Crippen molar-refractivity contribution < 1.29 is 9.32 Å². The highest BCUT2D eigenvalue weighted by Crippen LogP contribution is 2.18. The Morgan fingerprint density at radius 1 is 1.18 bits per heavy atom. The van der Waals surface area contributed by atoms with E-state index in [9.17, 15) is 4.79 Å². The number of carbonyl (C=O) groups excluding carboxylic acids is 1. The Kier molecular flexibility index (Phi) is 3.89. The first-order chi connectivity index (χ1) is 10.6. The molecule has 110 valence electrons. The third-order valence-corrected chi connectivity index (χ3v) is 3.25. The summed E-state index contributed by atoms with van der Waals surface area (Å²) < 4.78 is 4.93. The zero-order valence-electron chi connectivity index (χ0n) is 11.7. The molecule has 0 bridgehead atoms. The van der Waals surface area contributed by atoms with E-state index in [1.165, 1.54) is 0 Å². The van der Waals surface area contributed by atoms with Crippen LogP contribution in [-0.2, 0) is 0 Å². The van der Waals surface area contributed by atoms with Gasteiger partial charge in [-0.3, -0.25) is 4.79 Å². The molecule has 22 heavy (non-hydrogen) atoms. The maximum Gasteiger partial charge on any atom is 0.255 e. The average Bonchev–Trinajstić information content (AvgIpc) is 2.94. The number of hydrogen-bond acceptors (Lipinski definition) is 4. The molecule has 0 fully saturated rings. The van der Waals surface area contributed by atoms with E-state index in [-0.39, 0.29) is 5.91 Å². The number of aryl methyl sites for hydroxylation is 1. The normalized spacial score (nSPS) is 10.5. The van der Waals surface area contributed by atoms with Gasteiger partial charge in [-0.25, -0.2) is 0 Å². The minimum Gasteiger partial charge on any atom is -0.339 e. The fourth-order valence-corrected chi connectivity index (χ4v) is 2.15. The van der Waals surface area contributed by atoms with E-state index in [1.807, 2.05) is 0 Å². The number of rotatable bonds is 3. The van der Waals surface area contributed by atoms with Gasteiger partial charge in [-0.15, -0.1) is 0 Å². The lowest BCUT2D eigenvalue weighted by Gasteiger charge is -2.06. The molecule has 1 N–H and O–H groups in total. The van der Waals surface area contributed by atoms with Crippen molar-refractivity contribution in [1.82, 2.24) is 10.1 Å². The number of halogens is 1. The van der Waals surface area contributed by atoms with Crippen molar-refractivity contribution in [2.45, 2.75) is 6.92 Å². The number of anilines is 1. The van der Waals surface area contributed by atoms with Gasteiger partial charge in [-0.05, 0) is 30.3 Å². The van der Waals surface area contributed by atoms with Gasteiger partial charge in [0, 0.05) is 28.8 Å². The quantitative estimate of drug-likeness (QED) is 0.795. The number of aromatic nitrogens is 2. The van der Waals surface area contributed by atoms with E-state index in [4.69, 9.17) is 16.1 Å². The topological polar surface area (TPSA) is 68.0 Å². The van der Waals surface area contributed by atoms with E-state index in [0.29, 0.717) is 28.0 Å². The van der Waals surface area contributed by atoms with Crippen LogP contribution in [0.4, 0.5) is 5.69 Å². The van der Waals surface area contributed by atoms with Crippen LogP contribution in [0.2, 0.25) is 5.02 Å². The van der Waals surface area contributed by atoms with E-state index < -0.39 is 0 Å². The number of carbonyl (C=O) groups is 1. The number of nitrogens with one attached hydrogen (secondary N) is 1. The highest BCUT2D eigenvalue weighted by molar-refractivity contribution is 6.30. The van der Waals surface area contributed by atoms with Crippen molar-refractivity contribution in [3.63, 3.8) is 0 Å². The van der Waals surface area contributed by atoms with E-state index in [0.717, 1.165) is 5.56 Å². The molecule has 1 amide bonds. The summed E-state index contributed by atoms with van der Waals surface area (Å²) in [5.74, 6) is 0.787. The van der Waals surface area contributed by atoms with Gasteiger partial charge in [0.15, 0.2) is 0 Å². The fourth-order valence-electron chi connectivity index (χ4n) is 1.96. The van der Waals surface area contributed by atoms with Crippen molar-refractivity contribution in [3.8, 4) is 11.4 Å². The van der Waals surface area contributed by atoms with Gasteiger partial charge in [0.1, 0.15) is 0 Å². The summed E-state index contributed by atoms with van der Waals surface area (Å²) in [6.07, 6.45) is 0. The summed E-state index contributed by atoms with van der Waals surface area (Å²) >= 11 is 5.89. The van der Waals surface area contributed by atoms with Crippen LogP contribution in [0.25, 0.3) is 11.4 Å². The van der Waals surface area contributed by atoms with Crippen LogP contribution in [-0.4, -0.2) is 16.0 Å². The fraction of sp³-hybridized carbons (Fsp3) is 0.0625. The summed E-state index contributed by atoms with van der Waals surface area (Å²) in [4.78, 5) is 16.3. The summed E-state index contributed by atoms with van der Waals surface area (Å²) in [7, 11) is 0. The van der Waals surface area contributed by atoms with Crippen molar-refractivity contribution in [3.05, 3.63) is 65.0 Å². The predicted octanol–water partition coefficient (Wildman–Crippen LogP) is 3.95. The molecule has 0 saturated carbocycles. The maximum atomic E-state index is 12.2. The number of amides is 1. The summed E-state index contributed by atoms with van der Waals surface area (Å²) in [5, 5.41) is 7.20. The molecular formula is C16H12ClN3O2. The van der Waals surface area contributed by atoms with E-state index >= 15 is 0 Å². The number of nitrogens with zero attached hydrogens (tertiary/aromatic N) is 2. The maximum absolute atomic E-state index is 12.2. The zero-order valence-corrected chi connectivity index (χ0v) is 12.5. The van der Waals surface area contributed by atoms with E-state index in [2.05, 4.69) is 15.5 Å². The molecule has 0 saturated heterocycles. The molecule has 3 rings (SSSR count). The molecule has 2 aromatic carbocycles. The van der Waals surface area contributed by atoms with Gasteiger partial charge in [-0.2, -0.15) is 4.98 Å². The van der Waals surface area contributed by atoms with Crippen LogP contribution in [0, 0.1) is 6.92 Å². The predicted molar refractivity (Wildman–Crippen MR) is 83.9 cm³/mol. The van der Waals surface area contributed by atoms with Crippen molar-refractivity contribution in [2.75, 3.05) is 5.32 Å². The second-order valence-electron chi connectivity index (χ2n) is 4.68. The van der Waals surface area contributed by atoms with E-state index in [1.54, 1.807) is 55.5 Å². The zero-order chi connectivity index (χ0) is 15.5. The Labute approximate surface area is 131 Å². The Bertz CT molecular complexity index is 812. The first-order valence-electron chi connectivity index (χ1n) is 6.59. The monoisotopic (exact) mass is 313 g/mol. The van der Waals surface area contributed by atoms with Crippen molar-refractivity contribution in [2.24, 2.45) is 0 Å². The molecule has 1 aromatic heterocycles. The lowest BCUT2D eigenvalue weighted by Crippen LogP contribution is -2.11. The SMILES string of the molecule is Cc1nc(-c2ccc(C(=O)Nc3cccc(Cl)c3)cc2)no1. The van der Waals surface area contributed by atoms with Gasteiger partial charge in [-0.1, -0.05) is 35.0 Å². The second-order valence-corrected chi connectivity index (χ2v) is 5.12. The van der Waals surface area contributed by atoms with Crippen LogP contribution in [0.1, 0.15) is 16.2 Å². The minimum atomic E-state index is -0.210. The smallest absolute Gasteiger partial charge is 0.255 e. The minimum absolute atomic E-state index is 0.210. The van der Waals surface area contributed by atoms with Crippen LogP contribution in [0.15, 0.2) is 53.1 Å². The molecular weight excluding hydrogens is 302 g/mol. The van der Waals surface area contributed by atoms with Crippen LogP contribution in [0.3, 0.4) is 0 Å². The van der Waals surface area contributed by atoms with Crippen LogP contribution < -0.4 is 5.32 Å². The Balaban J connectivity index is 1.76. The molecule has 0 radical (unpaired) electrons.